The molecule has 1 N–H and O–H groups in total. The van der Waals surface area contributed by atoms with Crippen molar-refractivity contribution in [1.29, 1.82) is 0 Å². The van der Waals surface area contributed by atoms with E-state index in [2.05, 4.69) is 34.8 Å². The van der Waals surface area contributed by atoms with Crippen LogP contribution in [-0.2, 0) is 10.9 Å². The van der Waals surface area contributed by atoms with Gasteiger partial charge in [0.2, 0.25) is 5.88 Å². The zero-order valence-electron chi connectivity index (χ0n) is 28.2. The molecule has 3 heterocycles. The number of nitrogens with one attached hydrogen (secondary N) is 1. The molecule has 14 heteroatoms. The van der Waals surface area contributed by atoms with Gasteiger partial charge in [-0.25, -0.2) is 14.2 Å². The fourth-order valence-corrected chi connectivity index (χ4v) is 5.92. The molecule has 0 spiro atoms. The van der Waals surface area contributed by atoms with Crippen molar-refractivity contribution >= 4 is 37.0 Å². The summed E-state index contributed by atoms with van der Waals surface area (Å²) in [5, 5.41) is 2.64. The quantitative estimate of drug-likeness (QED) is 0.238. The summed E-state index contributed by atoms with van der Waals surface area (Å²) >= 11 is 0. The van der Waals surface area contributed by atoms with Crippen LogP contribution in [0.2, 0.25) is 25.7 Å². The molecule has 1 fully saturated rings. The maximum Gasteiger partial charge on any atom is 0.417 e. The van der Waals surface area contributed by atoms with Crippen LogP contribution in [-0.4, -0.2) is 93.4 Å². The third kappa shape index (κ3) is 9.92. The Morgan fingerprint density at radius 3 is 2.28 bits per heavy atom. The molecule has 1 aromatic carbocycles. The van der Waals surface area contributed by atoms with E-state index in [1.54, 1.807) is 26.8 Å². The monoisotopic (exact) mass is 679 g/mol. The summed E-state index contributed by atoms with van der Waals surface area (Å²) in [5.41, 5.74) is -1.16. The average molecular weight is 680 g/mol. The highest BCUT2D eigenvalue weighted by Gasteiger charge is 2.37. The van der Waals surface area contributed by atoms with Crippen molar-refractivity contribution in [2.45, 2.75) is 64.7 Å². The first-order chi connectivity index (χ1) is 21.8. The van der Waals surface area contributed by atoms with Crippen LogP contribution < -0.4 is 15.0 Å². The summed E-state index contributed by atoms with van der Waals surface area (Å²) in [7, 11) is 0.467. The lowest BCUT2D eigenvalue weighted by Gasteiger charge is -2.35. The van der Waals surface area contributed by atoms with Crippen molar-refractivity contribution in [2.24, 2.45) is 0 Å². The number of halogens is 4. The number of hydrogen-bond acceptors (Lipinski definition) is 7. The number of carbonyl (C=O) groups excluding carboxylic acids is 2. The number of piperazine rings is 1. The predicted molar refractivity (Wildman–Crippen MR) is 177 cm³/mol. The zero-order valence-corrected chi connectivity index (χ0v) is 29.2. The van der Waals surface area contributed by atoms with Gasteiger partial charge < -0.3 is 29.5 Å². The molecule has 0 aliphatic carbocycles. The van der Waals surface area contributed by atoms with Gasteiger partial charge in [0, 0.05) is 57.1 Å². The molecule has 0 atom stereocenters. The van der Waals surface area contributed by atoms with Gasteiger partial charge in [0.1, 0.15) is 11.4 Å². The van der Waals surface area contributed by atoms with Crippen LogP contribution in [0.5, 0.6) is 5.88 Å². The Balaban J connectivity index is 1.65. The zero-order chi connectivity index (χ0) is 34.7. The van der Waals surface area contributed by atoms with E-state index in [9.17, 15) is 22.8 Å². The molecule has 47 heavy (non-hydrogen) atoms. The van der Waals surface area contributed by atoms with Gasteiger partial charge >= 0.3 is 12.3 Å². The first-order valence-electron chi connectivity index (χ1n) is 15.8. The number of ether oxygens (including phenoxy) is 2. The molecule has 2 aliphatic rings. The van der Waals surface area contributed by atoms with E-state index < -0.39 is 48.8 Å². The molecule has 2 amide bonds. The number of carbonyl (C=O) groups is 2. The molecule has 1 saturated heterocycles. The molecular formula is C33H45F4N5O4Si-. The number of anilines is 2. The first-order valence-corrected chi connectivity index (χ1v) is 19.5. The third-order valence-corrected chi connectivity index (χ3v) is 9.62. The number of benzene rings is 1. The SMILES string of the molecule is CN1CCN(c2cc(F)c(C3=CCN(C(=O)OC(C)(C)C)CC3)cc2NC(=O)c2cnc(OCC[Si-](C)(C)C)cc2C(F)(F)F)CC1. The maximum absolute atomic E-state index is 15.8. The molecule has 1 aromatic heterocycles. The van der Waals surface area contributed by atoms with Crippen LogP contribution in [0.3, 0.4) is 0 Å². The van der Waals surface area contributed by atoms with Crippen molar-refractivity contribution in [2.75, 3.05) is 63.1 Å². The Morgan fingerprint density at radius 1 is 1.02 bits per heavy atom. The summed E-state index contributed by atoms with van der Waals surface area (Å²) in [6, 6.07) is 4.26. The van der Waals surface area contributed by atoms with Gasteiger partial charge in [-0.05, 0) is 51.9 Å². The van der Waals surface area contributed by atoms with E-state index in [4.69, 9.17) is 9.47 Å². The maximum atomic E-state index is 15.8. The molecule has 2 aromatic rings. The highest BCUT2D eigenvalue weighted by molar-refractivity contribution is 6.76. The van der Waals surface area contributed by atoms with E-state index in [-0.39, 0.29) is 36.8 Å². The lowest BCUT2D eigenvalue weighted by molar-refractivity contribution is -0.138. The minimum Gasteiger partial charge on any atom is -0.481 e. The van der Waals surface area contributed by atoms with Gasteiger partial charge in [0.05, 0.1) is 29.1 Å². The van der Waals surface area contributed by atoms with Gasteiger partial charge in [-0.2, -0.15) is 32.8 Å². The second-order valence-electron chi connectivity index (χ2n) is 14.2. The largest absolute Gasteiger partial charge is 0.481 e. The van der Waals surface area contributed by atoms with Crippen LogP contribution in [0.4, 0.5) is 33.7 Å². The molecule has 4 rings (SSSR count). The van der Waals surface area contributed by atoms with Crippen LogP contribution in [0.15, 0.2) is 30.5 Å². The van der Waals surface area contributed by atoms with Crippen molar-refractivity contribution in [3.8, 4) is 5.88 Å². The number of pyridine rings is 1. The molecule has 259 valence electrons. The molecule has 2 aliphatic heterocycles. The summed E-state index contributed by atoms with van der Waals surface area (Å²) in [6.07, 6.45) is -2.42. The molecule has 0 saturated carbocycles. The van der Waals surface area contributed by atoms with Crippen LogP contribution in [0.1, 0.15) is 48.7 Å². The smallest absolute Gasteiger partial charge is 0.417 e. The Morgan fingerprint density at radius 2 is 1.70 bits per heavy atom. The normalized spacial score (nSPS) is 16.5. The van der Waals surface area contributed by atoms with Crippen molar-refractivity contribution in [1.82, 2.24) is 14.8 Å². The first kappa shape index (κ1) is 36.2. The number of hydrogen-bond donors (Lipinski definition) is 1. The molecule has 9 nitrogen and oxygen atoms in total. The molecule has 0 unspecified atom stereocenters. The number of aromatic nitrogens is 1. The van der Waals surface area contributed by atoms with Gasteiger partial charge in [-0.3, -0.25) is 4.79 Å². The van der Waals surface area contributed by atoms with Crippen molar-refractivity contribution < 1.29 is 36.6 Å². The number of nitrogens with zero attached hydrogens (tertiary/aromatic N) is 4. The average Bonchev–Trinajstić information content (AvgIpc) is 2.96. The van der Waals surface area contributed by atoms with Gasteiger partial charge in [-0.1, -0.05) is 6.08 Å². The summed E-state index contributed by atoms with van der Waals surface area (Å²) in [5.74, 6) is -1.77. The van der Waals surface area contributed by atoms with Crippen LogP contribution in [0.25, 0.3) is 5.57 Å². The third-order valence-electron chi connectivity index (χ3n) is 7.92. The van der Waals surface area contributed by atoms with Gasteiger partial charge in [-0.15, -0.1) is 14.1 Å². The van der Waals surface area contributed by atoms with E-state index >= 15 is 4.39 Å². The Hall–Kier alpha value is -3.65. The lowest BCUT2D eigenvalue weighted by Crippen LogP contribution is -2.44. The lowest BCUT2D eigenvalue weighted by atomic mass is 9.97. The minimum atomic E-state index is -4.85. The number of alkyl halides is 3. The van der Waals surface area contributed by atoms with E-state index in [1.165, 1.54) is 17.0 Å². The fraction of sp³-hybridized carbons (Fsp3) is 0.545. The topological polar surface area (TPSA) is 87.2 Å². The standard InChI is InChI=1S/C33H45F4N5O4Si/c1-32(2,3)46-31(44)42-10-8-22(9-11-42)23-18-27(28(20-26(23)34)41-14-12-40(4)13-15-41)39-30(43)24-21-38-29(19-25(24)33(35,36)37)45-16-17-47(5,6)7/h8,18-21H,9-17H2,1-7H3,(H,39,43)/q-1. The summed E-state index contributed by atoms with van der Waals surface area (Å²) in [6.45, 7) is 14.8. The number of rotatable bonds is 8. The van der Waals surface area contributed by atoms with E-state index in [0.717, 1.165) is 18.3 Å². The second-order valence-corrected chi connectivity index (χ2v) is 19.8. The fourth-order valence-electron chi connectivity index (χ4n) is 5.21. The summed E-state index contributed by atoms with van der Waals surface area (Å²) < 4.78 is 69.4. The second kappa shape index (κ2) is 14.2. The number of likely N-dealkylation sites (N-methyl/N-ethyl adjacent to an activating group) is 1. The van der Waals surface area contributed by atoms with Crippen LogP contribution >= 0.6 is 0 Å². The van der Waals surface area contributed by atoms with Gasteiger partial charge in [0.25, 0.3) is 5.91 Å². The molecule has 0 bridgehead atoms. The highest BCUT2D eigenvalue weighted by atomic mass is 28.3. The minimum absolute atomic E-state index is 0.176. The Labute approximate surface area is 274 Å². The van der Waals surface area contributed by atoms with Crippen LogP contribution in [0, 0.1) is 5.82 Å². The van der Waals surface area contributed by atoms with Crippen molar-refractivity contribution in [3.05, 3.63) is 53.0 Å². The number of amides is 2. The molecular weight excluding hydrogens is 634 g/mol. The predicted octanol–water partition coefficient (Wildman–Crippen LogP) is 6.98. The van der Waals surface area contributed by atoms with Gasteiger partial charge in [0.15, 0.2) is 0 Å². The molecule has 0 radical (unpaired) electrons. The summed E-state index contributed by atoms with van der Waals surface area (Å²) in [4.78, 5) is 35.6. The highest BCUT2D eigenvalue weighted by Crippen LogP contribution is 2.37. The Bertz CT molecular complexity index is 1500. The Kier molecular flexibility index (Phi) is 11.0. The van der Waals surface area contributed by atoms with E-state index in [0.29, 0.717) is 43.9 Å². The van der Waals surface area contributed by atoms with E-state index in [1.807, 2.05) is 11.9 Å². The van der Waals surface area contributed by atoms with Crippen molar-refractivity contribution in [3.63, 3.8) is 0 Å².